The quantitative estimate of drug-likeness (QED) is 0.180. The van der Waals surface area contributed by atoms with E-state index in [2.05, 4.69) is 18.5 Å². The van der Waals surface area contributed by atoms with E-state index in [-0.39, 0.29) is 7.92 Å². The van der Waals surface area contributed by atoms with E-state index < -0.39 is 0 Å². The summed E-state index contributed by atoms with van der Waals surface area (Å²) in [5.74, 6) is 4.03. The Hall–Kier alpha value is 1.29. The molecular formula is C38H71P3. The Morgan fingerprint density at radius 3 is 0.951 bits per heavy atom. The number of hydrogen-bond acceptors (Lipinski definition) is 0. The second kappa shape index (κ2) is 17.3. The lowest BCUT2D eigenvalue weighted by molar-refractivity contribution is 0.164. The van der Waals surface area contributed by atoms with Gasteiger partial charge >= 0.3 is 0 Å². The van der Waals surface area contributed by atoms with Crippen LogP contribution >= 0.6 is 26.4 Å². The zero-order chi connectivity index (χ0) is 28.4. The van der Waals surface area contributed by atoms with E-state index >= 15 is 0 Å². The van der Waals surface area contributed by atoms with Crippen LogP contribution in [0.25, 0.3) is 0 Å². The first-order valence-corrected chi connectivity index (χ1v) is 22.3. The molecule has 41 heavy (non-hydrogen) atoms. The summed E-state index contributed by atoms with van der Waals surface area (Å²) in [6.45, 7) is 0. The van der Waals surface area contributed by atoms with Gasteiger partial charge in [-0.05, 0) is 142 Å². The molecular weight excluding hydrogens is 549 g/mol. The molecule has 2 atom stereocenters. The highest BCUT2D eigenvalue weighted by Crippen LogP contribution is 2.56. The highest BCUT2D eigenvalue weighted by atomic mass is 31.1. The van der Waals surface area contributed by atoms with Gasteiger partial charge in [0, 0.05) is 0 Å². The smallest absolute Gasteiger partial charge is 0.00937 e. The van der Waals surface area contributed by atoms with Crippen LogP contribution in [0.2, 0.25) is 0 Å². The normalized spacial score (nSPS) is 26.1. The molecule has 5 fully saturated rings. The molecule has 3 heteroatoms. The summed E-state index contributed by atoms with van der Waals surface area (Å²) in [4.78, 5) is 0. The molecule has 2 unspecified atom stereocenters. The van der Waals surface area contributed by atoms with Crippen molar-refractivity contribution in [3.05, 3.63) is 0 Å². The van der Waals surface area contributed by atoms with E-state index in [1.165, 1.54) is 148 Å². The molecule has 0 aromatic rings. The summed E-state index contributed by atoms with van der Waals surface area (Å²) < 4.78 is 0. The van der Waals surface area contributed by atoms with Gasteiger partial charge in [-0.15, -0.1) is 26.4 Å². The maximum absolute atomic E-state index is 3.62. The Kier molecular flexibility index (Phi) is 14.2. The van der Waals surface area contributed by atoms with Gasteiger partial charge in [-0.3, -0.25) is 0 Å². The summed E-state index contributed by atoms with van der Waals surface area (Å²) in [6.07, 6.45) is 47.6. The van der Waals surface area contributed by atoms with Crippen molar-refractivity contribution in [3.63, 3.8) is 0 Å². The first-order valence-electron chi connectivity index (χ1n) is 19.4. The molecule has 0 amide bonds. The molecule has 0 bridgehead atoms. The largest absolute Gasteiger partial charge is 0.131 e. The van der Waals surface area contributed by atoms with Crippen molar-refractivity contribution in [2.24, 2.45) is 23.7 Å². The van der Waals surface area contributed by atoms with Gasteiger partial charge in [0.15, 0.2) is 0 Å². The molecule has 0 aliphatic heterocycles. The third-order valence-corrected chi connectivity index (χ3v) is 19.5. The van der Waals surface area contributed by atoms with E-state index in [0.717, 1.165) is 29.3 Å². The molecule has 0 radical (unpaired) electrons. The van der Waals surface area contributed by atoms with E-state index in [4.69, 9.17) is 0 Å². The van der Waals surface area contributed by atoms with Gasteiger partial charge in [0.2, 0.25) is 0 Å². The predicted molar refractivity (Wildman–Crippen MR) is 193 cm³/mol. The Morgan fingerprint density at radius 2 is 0.659 bits per heavy atom. The molecule has 0 N–H and O–H groups in total. The Bertz CT molecular complexity index is 617. The molecule has 5 rings (SSSR count). The first-order chi connectivity index (χ1) is 20.1. The van der Waals surface area contributed by atoms with Crippen LogP contribution < -0.4 is 0 Å². The van der Waals surface area contributed by atoms with Crippen molar-refractivity contribution in [1.82, 2.24) is 0 Å². The Labute approximate surface area is 263 Å². The fraction of sp³-hybridized carbons (Fsp3) is 1.00. The fourth-order valence-corrected chi connectivity index (χ4v) is 16.1. The molecule has 238 valence electrons. The van der Waals surface area contributed by atoms with E-state index in [1.807, 2.05) is 0 Å². The lowest BCUT2D eigenvalue weighted by Crippen LogP contribution is -2.42. The minimum absolute atomic E-state index is 0.227. The maximum Gasteiger partial charge on any atom is -0.00937 e. The summed E-state index contributed by atoms with van der Waals surface area (Å²) in [7, 11) is 7.47. The van der Waals surface area contributed by atoms with E-state index in [9.17, 15) is 0 Å². The molecule has 5 aliphatic carbocycles. The van der Waals surface area contributed by atoms with Crippen LogP contribution in [0.3, 0.4) is 0 Å². The highest BCUT2D eigenvalue weighted by Gasteiger charge is 2.43. The molecule has 0 nitrogen and oxygen atoms in total. The molecule has 0 aromatic heterocycles. The number of hydrogen-bond donors (Lipinski definition) is 0. The molecule has 0 aromatic carbocycles. The van der Waals surface area contributed by atoms with Crippen LogP contribution in [0, 0.1) is 23.7 Å². The Morgan fingerprint density at radius 1 is 0.390 bits per heavy atom. The molecule has 0 spiro atoms. The topological polar surface area (TPSA) is 0 Å². The fourth-order valence-electron chi connectivity index (χ4n) is 11.1. The average molecular weight is 621 g/mol. The third-order valence-electron chi connectivity index (χ3n) is 13.7. The van der Waals surface area contributed by atoms with E-state index in [1.54, 1.807) is 50.8 Å². The average Bonchev–Trinajstić information content (AvgIpc) is 3.06. The molecule has 5 saturated carbocycles. The van der Waals surface area contributed by atoms with E-state index in [0.29, 0.717) is 10.3 Å². The van der Waals surface area contributed by atoms with Crippen molar-refractivity contribution >= 4 is 26.4 Å². The van der Waals surface area contributed by atoms with Crippen molar-refractivity contribution in [2.75, 3.05) is 12.3 Å². The van der Waals surface area contributed by atoms with Crippen molar-refractivity contribution in [3.8, 4) is 0 Å². The summed E-state index contributed by atoms with van der Waals surface area (Å²) in [6, 6.07) is 0. The lowest BCUT2D eigenvalue weighted by Gasteiger charge is -2.48. The summed E-state index contributed by atoms with van der Waals surface area (Å²) in [5, 5.41) is 1.15. The minimum atomic E-state index is 0.227. The minimum Gasteiger partial charge on any atom is -0.131 e. The lowest BCUT2D eigenvalue weighted by atomic mass is 9.67. The predicted octanol–water partition coefficient (Wildman–Crippen LogP) is 12.9. The van der Waals surface area contributed by atoms with Crippen LogP contribution in [0.1, 0.15) is 186 Å². The SMILES string of the molecule is PC(CCCP(CCCC(P)(C1CCCCC1)C1CCCCC1)C1CCCCC1)(C1CCCCC1)C1CCCCC1. The monoisotopic (exact) mass is 620 g/mol. The van der Waals surface area contributed by atoms with Gasteiger partial charge in [-0.2, -0.15) is 0 Å². The van der Waals surface area contributed by atoms with Crippen molar-refractivity contribution in [1.29, 1.82) is 0 Å². The highest BCUT2D eigenvalue weighted by molar-refractivity contribution is 7.58. The maximum atomic E-state index is 3.62. The van der Waals surface area contributed by atoms with Crippen LogP contribution in [0.15, 0.2) is 0 Å². The zero-order valence-electron chi connectivity index (χ0n) is 27.4. The second-order valence-electron chi connectivity index (χ2n) is 16.1. The zero-order valence-corrected chi connectivity index (χ0v) is 30.6. The molecule has 5 aliphatic rings. The van der Waals surface area contributed by atoms with Gasteiger partial charge in [0.25, 0.3) is 0 Å². The van der Waals surface area contributed by atoms with Crippen LogP contribution in [-0.4, -0.2) is 28.3 Å². The first kappa shape index (κ1) is 33.6. The van der Waals surface area contributed by atoms with Crippen molar-refractivity contribution < 1.29 is 0 Å². The van der Waals surface area contributed by atoms with Crippen LogP contribution in [0.4, 0.5) is 0 Å². The standard InChI is InChI=1S/C38H71P3/c39-37(32-18-6-1-7-19-32,33-20-8-2-9-21-33)28-16-30-41(36-26-14-5-15-27-36)31-17-29-38(40,34-22-10-3-11-23-34)35-24-12-4-13-25-35/h32-36H,1-31,39-40H2. The van der Waals surface area contributed by atoms with Crippen LogP contribution in [-0.2, 0) is 0 Å². The van der Waals surface area contributed by atoms with Gasteiger partial charge in [-0.25, -0.2) is 0 Å². The van der Waals surface area contributed by atoms with Gasteiger partial charge in [-0.1, -0.05) is 96.3 Å². The third kappa shape index (κ3) is 9.19. The van der Waals surface area contributed by atoms with Gasteiger partial charge in [0.1, 0.15) is 0 Å². The Balaban J connectivity index is 1.21. The second-order valence-corrected chi connectivity index (χ2v) is 21.1. The molecule has 0 heterocycles. The summed E-state index contributed by atoms with van der Waals surface area (Å²) in [5.41, 5.74) is 1.12. The summed E-state index contributed by atoms with van der Waals surface area (Å²) >= 11 is 0. The van der Waals surface area contributed by atoms with Gasteiger partial charge in [0.05, 0.1) is 0 Å². The number of rotatable bonds is 13. The molecule has 0 saturated heterocycles. The van der Waals surface area contributed by atoms with Crippen LogP contribution in [0.5, 0.6) is 0 Å². The van der Waals surface area contributed by atoms with Gasteiger partial charge < -0.3 is 0 Å². The van der Waals surface area contributed by atoms with Crippen molar-refractivity contribution in [2.45, 2.75) is 202 Å².